The minimum Gasteiger partial charge on any atom is -0.399 e. The van der Waals surface area contributed by atoms with E-state index in [1.165, 1.54) is 6.07 Å². The van der Waals surface area contributed by atoms with E-state index >= 15 is 4.39 Å². The van der Waals surface area contributed by atoms with Gasteiger partial charge in [-0.05, 0) is 35.9 Å². The molecule has 8 nitrogen and oxygen atoms in total. The first kappa shape index (κ1) is 20.3. The molecule has 32 heavy (non-hydrogen) atoms. The molecule has 1 aliphatic heterocycles. The molecule has 164 valence electrons. The lowest BCUT2D eigenvalue weighted by molar-refractivity contribution is 0.0341. The van der Waals surface area contributed by atoms with Gasteiger partial charge in [-0.15, -0.1) is 0 Å². The van der Waals surface area contributed by atoms with Crippen LogP contribution in [0.4, 0.5) is 10.1 Å². The molecule has 3 N–H and O–H groups in total. The largest absolute Gasteiger partial charge is 0.399 e. The van der Waals surface area contributed by atoms with Gasteiger partial charge in [-0.1, -0.05) is 12.1 Å². The van der Waals surface area contributed by atoms with Crippen molar-refractivity contribution in [2.24, 2.45) is 0 Å². The Morgan fingerprint density at radius 3 is 2.88 bits per heavy atom. The van der Waals surface area contributed by atoms with Crippen molar-refractivity contribution < 1.29 is 13.9 Å². The molecule has 0 saturated carbocycles. The minimum atomic E-state index is -1.71. The van der Waals surface area contributed by atoms with Crippen LogP contribution in [0.25, 0.3) is 16.6 Å². The molecule has 1 unspecified atom stereocenters. The number of alkyl halides is 1. The van der Waals surface area contributed by atoms with E-state index in [4.69, 9.17) is 10.5 Å². The van der Waals surface area contributed by atoms with Crippen molar-refractivity contribution in [3.63, 3.8) is 0 Å². The van der Waals surface area contributed by atoms with Crippen molar-refractivity contribution in [3.8, 4) is 0 Å². The first-order valence-corrected chi connectivity index (χ1v) is 10.4. The molecule has 1 saturated heterocycles. The Labute approximate surface area is 183 Å². The predicted octanol–water partition coefficient (Wildman–Crippen LogP) is 2.70. The van der Waals surface area contributed by atoms with Gasteiger partial charge in [-0.2, -0.15) is 0 Å². The molecule has 1 aliphatic rings. The van der Waals surface area contributed by atoms with Crippen molar-refractivity contribution in [1.82, 2.24) is 24.6 Å². The lowest BCUT2D eigenvalue weighted by Crippen LogP contribution is -2.35. The fourth-order valence-electron chi connectivity index (χ4n) is 3.96. The summed E-state index contributed by atoms with van der Waals surface area (Å²) in [6, 6.07) is 12.6. The van der Waals surface area contributed by atoms with Crippen LogP contribution in [-0.2, 0) is 11.3 Å². The molecule has 0 spiro atoms. The van der Waals surface area contributed by atoms with Gasteiger partial charge >= 0.3 is 0 Å². The number of carbonyl (C=O) groups excluding carboxylic acids is 1. The van der Waals surface area contributed by atoms with Gasteiger partial charge in [0.05, 0.1) is 18.7 Å². The van der Waals surface area contributed by atoms with Crippen molar-refractivity contribution >= 4 is 28.1 Å². The van der Waals surface area contributed by atoms with E-state index in [1.54, 1.807) is 23.0 Å². The van der Waals surface area contributed by atoms with Gasteiger partial charge < -0.3 is 15.8 Å². The minimum absolute atomic E-state index is 0.114. The van der Waals surface area contributed by atoms with Crippen LogP contribution >= 0.6 is 0 Å². The number of fused-ring (bicyclic) bond motifs is 3. The van der Waals surface area contributed by atoms with E-state index in [2.05, 4.69) is 20.2 Å². The van der Waals surface area contributed by atoms with E-state index < -0.39 is 12.2 Å². The Morgan fingerprint density at radius 2 is 2.03 bits per heavy atom. The van der Waals surface area contributed by atoms with Gasteiger partial charge in [0.15, 0.2) is 6.30 Å². The molecule has 5 rings (SSSR count). The summed E-state index contributed by atoms with van der Waals surface area (Å²) in [6.45, 7) is 3.64. The second-order valence-electron chi connectivity index (χ2n) is 7.85. The summed E-state index contributed by atoms with van der Waals surface area (Å²) in [6.07, 6.45) is 1.42. The van der Waals surface area contributed by atoms with Crippen molar-refractivity contribution in [1.29, 1.82) is 0 Å². The number of hydrogen-bond donors (Lipinski definition) is 2. The Balaban J connectivity index is 1.34. The standard InChI is InChI=1S/C23H23FN6O2/c24-21(16-9-15(10-17(25)11-16)12-29-5-7-32-8-6-29)28-23(31)20-13-30-14-26-19-4-2-1-3-18(19)22(30)27-20/h1-4,9-11,13-14,21H,5-8,12,25H2,(H,28,31). The number of carbonyl (C=O) groups is 1. The number of amides is 1. The topological polar surface area (TPSA) is 97.8 Å². The number of benzene rings is 2. The number of rotatable bonds is 5. The van der Waals surface area contributed by atoms with Gasteiger partial charge in [-0.3, -0.25) is 14.1 Å². The number of nitrogens with zero attached hydrogens (tertiary/aromatic N) is 4. The Hall–Kier alpha value is -3.56. The molecule has 2 aromatic carbocycles. The molecule has 0 bridgehead atoms. The molecule has 1 fully saturated rings. The second kappa shape index (κ2) is 8.52. The zero-order valence-corrected chi connectivity index (χ0v) is 17.4. The van der Waals surface area contributed by atoms with Crippen LogP contribution in [0, 0.1) is 0 Å². The average Bonchev–Trinajstić information content (AvgIpc) is 3.24. The summed E-state index contributed by atoms with van der Waals surface area (Å²) in [4.78, 5) is 23.7. The number of imidazole rings is 1. The number of halogens is 1. The van der Waals surface area contributed by atoms with Crippen LogP contribution in [0.1, 0.15) is 27.9 Å². The van der Waals surface area contributed by atoms with Crippen molar-refractivity contribution in [2.75, 3.05) is 32.0 Å². The number of nitrogens with one attached hydrogen (secondary N) is 1. The van der Waals surface area contributed by atoms with E-state index in [0.29, 0.717) is 36.7 Å². The van der Waals surface area contributed by atoms with Gasteiger partial charge in [0.2, 0.25) is 0 Å². The maximum absolute atomic E-state index is 15.1. The highest BCUT2D eigenvalue weighted by Crippen LogP contribution is 2.22. The fraction of sp³-hybridized carbons (Fsp3) is 0.261. The molecule has 2 aromatic heterocycles. The van der Waals surface area contributed by atoms with Gasteiger partial charge in [0, 0.05) is 42.5 Å². The maximum atomic E-state index is 15.1. The summed E-state index contributed by atoms with van der Waals surface area (Å²) in [5, 5.41) is 3.20. The van der Waals surface area contributed by atoms with Crippen LogP contribution < -0.4 is 11.1 Å². The SMILES string of the molecule is Nc1cc(CN2CCOCC2)cc(C(F)NC(=O)c2cn3cnc4ccccc4c3n2)c1. The number of anilines is 1. The van der Waals surface area contributed by atoms with Gasteiger partial charge in [-0.25, -0.2) is 14.4 Å². The van der Waals surface area contributed by atoms with E-state index in [9.17, 15) is 4.79 Å². The third-order valence-corrected chi connectivity index (χ3v) is 5.53. The highest BCUT2D eigenvalue weighted by molar-refractivity contribution is 5.96. The normalized spacial score (nSPS) is 15.8. The highest BCUT2D eigenvalue weighted by atomic mass is 19.1. The van der Waals surface area contributed by atoms with Crippen LogP contribution in [-0.4, -0.2) is 51.5 Å². The molecule has 0 aliphatic carbocycles. The van der Waals surface area contributed by atoms with Crippen LogP contribution in [0.3, 0.4) is 0 Å². The quantitative estimate of drug-likeness (QED) is 0.370. The molecule has 1 atom stereocenters. The lowest BCUT2D eigenvalue weighted by atomic mass is 10.1. The number of nitrogen functional groups attached to an aromatic ring is 1. The summed E-state index contributed by atoms with van der Waals surface area (Å²) in [5.74, 6) is -0.609. The molecule has 9 heteroatoms. The van der Waals surface area contributed by atoms with Crippen molar-refractivity contribution in [3.05, 3.63) is 71.8 Å². The number of para-hydroxylation sites is 1. The average molecular weight is 434 g/mol. The number of ether oxygens (including phenoxy) is 1. The van der Waals surface area contributed by atoms with E-state index in [0.717, 1.165) is 29.6 Å². The van der Waals surface area contributed by atoms with Gasteiger partial charge in [0.25, 0.3) is 5.91 Å². The number of morpholine rings is 1. The third-order valence-electron chi connectivity index (χ3n) is 5.53. The third kappa shape index (κ3) is 4.12. The summed E-state index contributed by atoms with van der Waals surface area (Å²) >= 11 is 0. The first-order valence-electron chi connectivity index (χ1n) is 10.4. The van der Waals surface area contributed by atoms with Crippen molar-refractivity contribution in [2.45, 2.75) is 12.8 Å². The molecular formula is C23H23FN6O2. The fourth-order valence-corrected chi connectivity index (χ4v) is 3.96. The number of aromatic nitrogens is 3. The highest BCUT2D eigenvalue weighted by Gasteiger charge is 2.19. The molecular weight excluding hydrogens is 411 g/mol. The first-order chi connectivity index (χ1) is 15.6. The summed E-state index contributed by atoms with van der Waals surface area (Å²) in [5.41, 5.74) is 9.13. The van der Waals surface area contributed by atoms with Crippen LogP contribution in [0.2, 0.25) is 0 Å². The second-order valence-corrected chi connectivity index (χ2v) is 7.85. The van der Waals surface area contributed by atoms with Gasteiger partial charge in [0.1, 0.15) is 17.7 Å². The summed E-state index contributed by atoms with van der Waals surface area (Å²) < 4.78 is 22.1. The molecule has 3 heterocycles. The number of nitrogens with two attached hydrogens (primary N) is 1. The van der Waals surface area contributed by atoms with Crippen LogP contribution in [0.15, 0.2) is 55.0 Å². The monoisotopic (exact) mass is 434 g/mol. The molecule has 4 aromatic rings. The molecule has 1 amide bonds. The van der Waals surface area contributed by atoms with Crippen LogP contribution in [0.5, 0.6) is 0 Å². The Bertz CT molecular complexity index is 1280. The number of hydrogen-bond acceptors (Lipinski definition) is 6. The maximum Gasteiger partial charge on any atom is 0.273 e. The Kier molecular flexibility index (Phi) is 5.42. The lowest BCUT2D eigenvalue weighted by Gasteiger charge is -2.27. The zero-order chi connectivity index (χ0) is 22.1. The zero-order valence-electron chi connectivity index (χ0n) is 17.4. The van der Waals surface area contributed by atoms with E-state index in [1.807, 2.05) is 30.3 Å². The smallest absolute Gasteiger partial charge is 0.273 e. The molecule has 0 radical (unpaired) electrons. The predicted molar refractivity (Wildman–Crippen MR) is 119 cm³/mol. The Morgan fingerprint density at radius 1 is 1.22 bits per heavy atom. The van der Waals surface area contributed by atoms with E-state index in [-0.39, 0.29) is 5.69 Å². The summed E-state index contributed by atoms with van der Waals surface area (Å²) in [7, 11) is 0.